The molecule has 5 aromatic carbocycles. The van der Waals surface area contributed by atoms with Crippen LogP contribution in [0.2, 0.25) is 0 Å². The summed E-state index contributed by atoms with van der Waals surface area (Å²) >= 11 is 0. The summed E-state index contributed by atoms with van der Waals surface area (Å²) in [6, 6.07) is 39.7. The van der Waals surface area contributed by atoms with E-state index in [1.807, 2.05) is 78.9 Å². The van der Waals surface area contributed by atoms with Gasteiger partial charge in [0.15, 0.2) is 6.23 Å². The van der Waals surface area contributed by atoms with Crippen LogP contribution in [0.25, 0.3) is 11.1 Å². The van der Waals surface area contributed by atoms with Gasteiger partial charge >= 0.3 is 17.1 Å². The second-order valence-corrected chi connectivity index (χ2v) is 10.00. The van der Waals surface area contributed by atoms with Crippen LogP contribution in [0.15, 0.2) is 127 Å². The summed E-state index contributed by atoms with van der Waals surface area (Å²) in [5.41, 5.74) is 6.46. The number of aliphatic hydroxyl groups excluding tert-OH is 1. The SMILES string of the molecule is O=C1c2ccccc2C(O)N1CCCCC(=C(c1ccc(O)cc1)c1ccc(O)cc1)[c-]1cccc1.[Fe+2].c1cc[cH-]c1. The van der Waals surface area contributed by atoms with Gasteiger partial charge in [-0.1, -0.05) is 59.2 Å². The number of rotatable bonds is 8. The Labute approximate surface area is 257 Å². The molecule has 214 valence electrons. The minimum Gasteiger partial charge on any atom is -0.508 e. The Morgan fingerprint density at radius 2 is 1.33 bits per heavy atom. The summed E-state index contributed by atoms with van der Waals surface area (Å²) in [6.45, 7) is 0.469. The number of carbonyl (C=O) groups is 1. The van der Waals surface area contributed by atoms with E-state index in [0.717, 1.165) is 47.1 Å². The van der Waals surface area contributed by atoms with Crippen molar-refractivity contribution in [3.05, 3.63) is 155 Å². The van der Waals surface area contributed by atoms with E-state index in [1.54, 1.807) is 36.4 Å². The zero-order chi connectivity index (χ0) is 28.6. The number of benzene rings is 3. The normalized spacial score (nSPS) is 13.5. The zero-order valence-electron chi connectivity index (χ0n) is 23.1. The molecule has 1 amide bonds. The second-order valence-electron chi connectivity index (χ2n) is 10.00. The van der Waals surface area contributed by atoms with Crippen molar-refractivity contribution in [1.29, 1.82) is 0 Å². The van der Waals surface area contributed by atoms with Crippen molar-refractivity contribution < 1.29 is 37.2 Å². The van der Waals surface area contributed by atoms with Crippen molar-refractivity contribution in [2.24, 2.45) is 0 Å². The molecule has 0 saturated heterocycles. The maximum absolute atomic E-state index is 12.8. The van der Waals surface area contributed by atoms with Gasteiger partial charge in [0.1, 0.15) is 11.5 Å². The smallest absolute Gasteiger partial charge is 0.508 e. The number of amides is 1. The number of fused-ring (bicyclic) bond motifs is 1. The molecule has 6 heteroatoms. The molecule has 1 aliphatic rings. The number of carbonyl (C=O) groups excluding carboxylic acids is 1. The van der Waals surface area contributed by atoms with E-state index < -0.39 is 6.23 Å². The molecule has 1 aliphatic heterocycles. The number of aromatic hydroxyl groups is 2. The van der Waals surface area contributed by atoms with Gasteiger partial charge in [-0.15, -0.1) is 23.3 Å². The molecule has 6 rings (SSSR count). The second kappa shape index (κ2) is 14.5. The number of allylic oxidation sites excluding steroid dienone is 1. The molecule has 0 saturated carbocycles. The topological polar surface area (TPSA) is 81.0 Å². The van der Waals surface area contributed by atoms with Gasteiger partial charge in [0.2, 0.25) is 0 Å². The molecule has 0 spiro atoms. The van der Waals surface area contributed by atoms with E-state index in [0.29, 0.717) is 17.7 Å². The summed E-state index contributed by atoms with van der Waals surface area (Å²) in [5, 5.41) is 30.4. The van der Waals surface area contributed by atoms with Crippen molar-refractivity contribution >= 4 is 17.1 Å². The maximum atomic E-state index is 12.8. The van der Waals surface area contributed by atoms with Crippen molar-refractivity contribution in [1.82, 2.24) is 4.90 Å². The summed E-state index contributed by atoms with van der Waals surface area (Å²) in [4.78, 5) is 14.3. The summed E-state index contributed by atoms with van der Waals surface area (Å²) in [5.74, 6) is 0.278. The third-order valence-corrected chi connectivity index (χ3v) is 7.28. The third kappa shape index (κ3) is 7.10. The number of hydrogen-bond acceptors (Lipinski definition) is 4. The number of aliphatic hydroxyl groups is 1. The molecule has 1 unspecified atom stereocenters. The number of hydrogen-bond donors (Lipinski definition) is 3. The average molecular weight is 600 g/mol. The van der Waals surface area contributed by atoms with Crippen LogP contribution in [0, 0.1) is 0 Å². The quantitative estimate of drug-likeness (QED) is 0.0981. The minimum atomic E-state index is -0.900. The van der Waals surface area contributed by atoms with Gasteiger partial charge in [-0.2, -0.15) is 30.3 Å². The Kier molecular flexibility index (Phi) is 10.6. The van der Waals surface area contributed by atoms with Crippen molar-refractivity contribution in [2.75, 3.05) is 6.54 Å². The van der Waals surface area contributed by atoms with Gasteiger partial charge in [-0.25, -0.2) is 12.1 Å². The molecule has 42 heavy (non-hydrogen) atoms. The van der Waals surface area contributed by atoms with Crippen LogP contribution in [-0.2, 0) is 17.1 Å². The van der Waals surface area contributed by atoms with E-state index in [4.69, 9.17) is 0 Å². The number of nitrogens with zero attached hydrogens (tertiary/aromatic N) is 1. The van der Waals surface area contributed by atoms with Gasteiger partial charge in [-0.05, 0) is 49.6 Å². The van der Waals surface area contributed by atoms with Gasteiger partial charge < -0.3 is 20.2 Å². The molecule has 0 fully saturated rings. The molecule has 1 heterocycles. The van der Waals surface area contributed by atoms with Crippen molar-refractivity contribution in [2.45, 2.75) is 25.5 Å². The van der Waals surface area contributed by atoms with Crippen LogP contribution < -0.4 is 0 Å². The van der Waals surface area contributed by atoms with Crippen LogP contribution >= 0.6 is 0 Å². The first-order valence-electron chi connectivity index (χ1n) is 13.8. The Bertz CT molecular complexity index is 1510. The first-order chi connectivity index (χ1) is 20.0. The number of unbranched alkanes of at least 4 members (excludes halogenated alkanes) is 1. The molecule has 0 aliphatic carbocycles. The first kappa shape index (κ1) is 30.6. The first-order valence-corrected chi connectivity index (χ1v) is 13.8. The summed E-state index contributed by atoms with van der Waals surface area (Å²) in [6.07, 6.45) is 1.40. The Morgan fingerprint density at radius 1 is 0.762 bits per heavy atom. The summed E-state index contributed by atoms with van der Waals surface area (Å²) < 4.78 is 0. The largest absolute Gasteiger partial charge is 2.00 e. The third-order valence-electron chi connectivity index (χ3n) is 7.28. The molecule has 5 nitrogen and oxygen atoms in total. The van der Waals surface area contributed by atoms with Crippen molar-refractivity contribution in [3.8, 4) is 11.5 Å². The van der Waals surface area contributed by atoms with E-state index in [9.17, 15) is 20.1 Å². The van der Waals surface area contributed by atoms with Crippen LogP contribution in [0.3, 0.4) is 0 Å². The maximum Gasteiger partial charge on any atom is 2.00 e. The number of phenolic OH excluding ortho intramolecular Hbond substituents is 2. The van der Waals surface area contributed by atoms with Gasteiger partial charge in [-0.3, -0.25) is 4.79 Å². The summed E-state index contributed by atoms with van der Waals surface area (Å²) in [7, 11) is 0. The fourth-order valence-electron chi connectivity index (χ4n) is 5.24. The van der Waals surface area contributed by atoms with Crippen molar-refractivity contribution in [3.63, 3.8) is 0 Å². The average Bonchev–Trinajstić information content (AvgIpc) is 3.78. The zero-order valence-corrected chi connectivity index (χ0v) is 24.2. The van der Waals surface area contributed by atoms with E-state index >= 15 is 0 Å². The fraction of sp³-hybridized carbons (Fsp3) is 0.139. The number of phenols is 2. The Morgan fingerprint density at radius 3 is 1.86 bits per heavy atom. The molecule has 0 radical (unpaired) electrons. The molecule has 0 aromatic heterocycles. The minimum absolute atomic E-state index is 0. The van der Waals surface area contributed by atoms with Crippen LogP contribution in [-0.4, -0.2) is 32.7 Å². The molecule has 0 bridgehead atoms. The molecular formula is C36H33FeNO4. The predicted molar refractivity (Wildman–Crippen MR) is 162 cm³/mol. The van der Waals surface area contributed by atoms with Crippen LogP contribution in [0.1, 0.15) is 58.1 Å². The van der Waals surface area contributed by atoms with Gasteiger partial charge in [0.25, 0.3) is 5.91 Å². The standard InChI is InChI=1S/C31H28NO4.C5H5.Fe/c33-24-16-12-22(13-17-24)29(23-14-18-25(34)19-15-23)26(21-7-1-2-8-21)9-5-6-20-32-30(35)27-10-3-4-11-28(27)31(32)36;1-2-4-5-3-1;/h1-4,7-8,10-19,30,33-35H,5-6,9,20H2;1-5H;/q2*-1;+2. The molecule has 1 atom stereocenters. The van der Waals surface area contributed by atoms with E-state index in [-0.39, 0.29) is 34.5 Å². The van der Waals surface area contributed by atoms with Gasteiger partial charge in [0.05, 0.1) is 0 Å². The predicted octanol–water partition coefficient (Wildman–Crippen LogP) is 7.50. The van der Waals surface area contributed by atoms with Gasteiger partial charge in [0, 0.05) is 17.7 Å². The van der Waals surface area contributed by atoms with E-state index in [1.165, 1.54) is 4.90 Å². The monoisotopic (exact) mass is 599 g/mol. The van der Waals surface area contributed by atoms with E-state index in [2.05, 4.69) is 12.1 Å². The molecule has 5 aromatic rings. The van der Waals surface area contributed by atoms with Crippen LogP contribution in [0.5, 0.6) is 11.5 Å². The van der Waals surface area contributed by atoms with Crippen LogP contribution in [0.4, 0.5) is 0 Å². The molecule has 3 N–H and O–H groups in total. The Hall–Kier alpha value is -4.35. The Balaban J connectivity index is 0.000000612. The fourth-order valence-corrected chi connectivity index (χ4v) is 5.24. The molecular weight excluding hydrogens is 566 g/mol.